The molecule has 0 aliphatic carbocycles. The van der Waals surface area contributed by atoms with Crippen molar-refractivity contribution >= 4 is 11.8 Å². The number of benzene rings is 2. The summed E-state index contributed by atoms with van der Waals surface area (Å²) < 4.78 is 5.57. The molecule has 0 unspecified atom stereocenters. The molecule has 2 aromatic rings. The standard InChI is InChI=1S/C21H26N2O3/c1-15(2)26-19-11-9-17(10-12-19)14-23-21(25)20(24)22-13-16(3)18-7-5-4-6-8-18/h4-12,15-16H,13-14H2,1-3H3,(H,22,24)(H,23,25)/t16-/m0/s1. The van der Waals surface area contributed by atoms with E-state index in [-0.39, 0.29) is 12.0 Å². The van der Waals surface area contributed by atoms with Crippen LogP contribution in [-0.2, 0) is 16.1 Å². The normalized spacial score (nSPS) is 11.7. The lowest BCUT2D eigenvalue weighted by Crippen LogP contribution is -2.40. The maximum absolute atomic E-state index is 11.9. The first-order valence-electron chi connectivity index (χ1n) is 8.82. The van der Waals surface area contributed by atoms with Gasteiger partial charge in [-0.15, -0.1) is 0 Å². The van der Waals surface area contributed by atoms with Gasteiger partial charge in [-0.25, -0.2) is 0 Å². The molecule has 26 heavy (non-hydrogen) atoms. The zero-order valence-electron chi connectivity index (χ0n) is 15.5. The highest BCUT2D eigenvalue weighted by Crippen LogP contribution is 2.14. The molecule has 0 radical (unpaired) electrons. The minimum Gasteiger partial charge on any atom is -0.491 e. The number of nitrogens with one attached hydrogen (secondary N) is 2. The maximum atomic E-state index is 11.9. The average molecular weight is 354 g/mol. The van der Waals surface area contributed by atoms with E-state index >= 15 is 0 Å². The Morgan fingerprint density at radius 1 is 0.885 bits per heavy atom. The van der Waals surface area contributed by atoms with Crippen LogP contribution in [0.15, 0.2) is 54.6 Å². The first kappa shape index (κ1) is 19.5. The predicted octanol–water partition coefficient (Wildman–Crippen LogP) is 3.01. The Balaban J connectivity index is 1.75. The third kappa shape index (κ3) is 6.24. The van der Waals surface area contributed by atoms with Crippen molar-refractivity contribution in [2.24, 2.45) is 0 Å². The topological polar surface area (TPSA) is 67.4 Å². The number of rotatable bonds is 7. The molecule has 2 aromatic carbocycles. The van der Waals surface area contributed by atoms with Crippen molar-refractivity contribution in [2.75, 3.05) is 6.54 Å². The van der Waals surface area contributed by atoms with Gasteiger partial charge in [-0.3, -0.25) is 9.59 Å². The van der Waals surface area contributed by atoms with E-state index in [1.807, 2.05) is 75.4 Å². The molecule has 5 heteroatoms. The first-order chi connectivity index (χ1) is 12.5. The van der Waals surface area contributed by atoms with Gasteiger partial charge in [-0.2, -0.15) is 0 Å². The SMILES string of the molecule is CC(C)Oc1ccc(CNC(=O)C(=O)NC[C@H](C)c2ccccc2)cc1. The molecule has 0 saturated carbocycles. The first-order valence-corrected chi connectivity index (χ1v) is 8.82. The fraction of sp³-hybridized carbons (Fsp3) is 0.333. The van der Waals surface area contributed by atoms with E-state index in [4.69, 9.17) is 4.74 Å². The molecule has 5 nitrogen and oxygen atoms in total. The largest absolute Gasteiger partial charge is 0.491 e. The molecule has 0 heterocycles. The number of amides is 2. The Morgan fingerprint density at radius 3 is 2.12 bits per heavy atom. The molecule has 138 valence electrons. The summed E-state index contributed by atoms with van der Waals surface area (Å²) in [6.07, 6.45) is 0.113. The Bertz CT molecular complexity index is 712. The number of carbonyl (C=O) groups is 2. The van der Waals surface area contributed by atoms with Crippen LogP contribution >= 0.6 is 0 Å². The zero-order chi connectivity index (χ0) is 18.9. The lowest BCUT2D eigenvalue weighted by atomic mass is 10.0. The number of hydrogen-bond donors (Lipinski definition) is 2. The molecule has 2 N–H and O–H groups in total. The van der Waals surface area contributed by atoms with E-state index in [1.54, 1.807) is 0 Å². The van der Waals surface area contributed by atoms with Crippen molar-refractivity contribution in [1.82, 2.24) is 10.6 Å². The molecular formula is C21H26N2O3. The summed E-state index contributed by atoms with van der Waals surface area (Å²) in [7, 11) is 0. The van der Waals surface area contributed by atoms with Crippen LogP contribution in [0.5, 0.6) is 5.75 Å². The van der Waals surface area contributed by atoms with Gasteiger partial charge in [0.15, 0.2) is 0 Å². The summed E-state index contributed by atoms with van der Waals surface area (Å²) in [5.41, 5.74) is 2.02. The van der Waals surface area contributed by atoms with Crippen molar-refractivity contribution in [1.29, 1.82) is 0 Å². The average Bonchev–Trinajstić information content (AvgIpc) is 2.65. The van der Waals surface area contributed by atoms with Crippen LogP contribution in [0.1, 0.15) is 37.8 Å². The van der Waals surface area contributed by atoms with Crippen LogP contribution in [0.4, 0.5) is 0 Å². The molecule has 1 atom stereocenters. The molecule has 0 bridgehead atoms. The smallest absolute Gasteiger partial charge is 0.309 e. The Morgan fingerprint density at radius 2 is 1.50 bits per heavy atom. The predicted molar refractivity (Wildman–Crippen MR) is 102 cm³/mol. The van der Waals surface area contributed by atoms with Crippen molar-refractivity contribution < 1.29 is 14.3 Å². The third-order valence-corrected chi connectivity index (χ3v) is 3.89. The van der Waals surface area contributed by atoms with Crippen molar-refractivity contribution in [3.8, 4) is 5.75 Å². The van der Waals surface area contributed by atoms with Crippen LogP contribution in [0.25, 0.3) is 0 Å². The Hall–Kier alpha value is -2.82. The van der Waals surface area contributed by atoms with Gasteiger partial charge in [0, 0.05) is 13.1 Å². The number of carbonyl (C=O) groups excluding carboxylic acids is 2. The quantitative estimate of drug-likeness (QED) is 0.751. The summed E-state index contributed by atoms with van der Waals surface area (Å²) in [4.78, 5) is 23.9. The fourth-order valence-corrected chi connectivity index (χ4v) is 2.45. The molecule has 2 rings (SSSR count). The highest BCUT2D eigenvalue weighted by atomic mass is 16.5. The summed E-state index contributed by atoms with van der Waals surface area (Å²) in [6.45, 7) is 6.64. The van der Waals surface area contributed by atoms with Gasteiger partial charge < -0.3 is 15.4 Å². The van der Waals surface area contributed by atoms with Gasteiger partial charge in [0.25, 0.3) is 0 Å². The van der Waals surface area contributed by atoms with E-state index in [2.05, 4.69) is 10.6 Å². The van der Waals surface area contributed by atoms with Gasteiger partial charge in [0.2, 0.25) is 0 Å². The second kappa shape index (κ2) is 9.61. The fourth-order valence-electron chi connectivity index (χ4n) is 2.45. The van der Waals surface area contributed by atoms with E-state index < -0.39 is 11.8 Å². The second-order valence-corrected chi connectivity index (χ2v) is 6.51. The van der Waals surface area contributed by atoms with E-state index in [9.17, 15) is 9.59 Å². The Kier molecular flexibility index (Phi) is 7.21. The summed E-state index contributed by atoms with van der Waals surface area (Å²) >= 11 is 0. The van der Waals surface area contributed by atoms with Gasteiger partial charge in [-0.05, 0) is 43.0 Å². The van der Waals surface area contributed by atoms with Gasteiger partial charge in [0.05, 0.1) is 6.10 Å². The van der Waals surface area contributed by atoms with E-state index in [1.165, 1.54) is 0 Å². The van der Waals surface area contributed by atoms with Gasteiger partial charge in [-0.1, -0.05) is 49.4 Å². The lowest BCUT2D eigenvalue weighted by molar-refractivity contribution is -0.139. The molecule has 0 aromatic heterocycles. The molecule has 0 aliphatic heterocycles. The van der Waals surface area contributed by atoms with E-state index in [0.717, 1.165) is 16.9 Å². The minimum atomic E-state index is -0.632. The van der Waals surface area contributed by atoms with Crippen LogP contribution in [0.3, 0.4) is 0 Å². The molecular weight excluding hydrogens is 328 g/mol. The highest BCUT2D eigenvalue weighted by molar-refractivity contribution is 6.35. The summed E-state index contributed by atoms with van der Waals surface area (Å²) in [5, 5.41) is 5.31. The van der Waals surface area contributed by atoms with Crippen molar-refractivity contribution in [3.63, 3.8) is 0 Å². The lowest BCUT2D eigenvalue weighted by Gasteiger charge is -2.13. The van der Waals surface area contributed by atoms with Crippen LogP contribution in [0, 0.1) is 0 Å². The van der Waals surface area contributed by atoms with Crippen molar-refractivity contribution in [2.45, 2.75) is 39.3 Å². The van der Waals surface area contributed by atoms with Crippen LogP contribution < -0.4 is 15.4 Å². The monoisotopic (exact) mass is 354 g/mol. The Labute approximate surface area is 154 Å². The number of ether oxygens (including phenoxy) is 1. The van der Waals surface area contributed by atoms with Crippen LogP contribution in [-0.4, -0.2) is 24.5 Å². The molecule has 0 spiro atoms. The molecule has 0 aliphatic rings. The summed E-state index contributed by atoms with van der Waals surface area (Å²) in [5.74, 6) is -0.329. The van der Waals surface area contributed by atoms with Crippen LogP contribution in [0.2, 0.25) is 0 Å². The van der Waals surface area contributed by atoms with Crippen molar-refractivity contribution in [3.05, 3.63) is 65.7 Å². The molecule has 0 fully saturated rings. The minimum absolute atomic E-state index is 0.113. The van der Waals surface area contributed by atoms with Gasteiger partial charge >= 0.3 is 11.8 Å². The van der Waals surface area contributed by atoms with E-state index in [0.29, 0.717) is 13.1 Å². The number of hydrogen-bond acceptors (Lipinski definition) is 3. The molecule has 0 saturated heterocycles. The summed E-state index contributed by atoms with van der Waals surface area (Å²) in [6, 6.07) is 17.3. The molecule has 2 amide bonds. The van der Waals surface area contributed by atoms with Gasteiger partial charge in [0.1, 0.15) is 5.75 Å². The highest BCUT2D eigenvalue weighted by Gasteiger charge is 2.14. The third-order valence-electron chi connectivity index (χ3n) is 3.89. The maximum Gasteiger partial charge on any atom is 0.309 e. The zero-order valence-corrected chi connectivity index (χ0v) is 15.5. The second-order valence-electron chi connectivity index (χ2n) is 6.51.